The number of aromatic nitrogens is 1. The summed E-state index contributed by atoms with van der Waals surface area (Å²) in [7, 11) is 1.62. The summed E-state index contributed by atoms with van der Waals surface area (Å²) >= 11 is 0. The Hall–Kier alpha value is -3.92. The van der Waals surface area contributed by atoms with Gasteiger partial charge in [0.25, 0.3) is 5.56 Å². The van der Waals surface area contributed by atoms with Crippen LogP contribution in [0.4, 0.5) is 0 Å². The minimum atomic E-state index is -0.700. The molecule has 2 N–H and O–H groups in total. The molecule has 0 radical (unpaired) electrons. The lowest BCUT2D eigenvalue weighted by atomic mass is 9.88. The Labute approximate surface area is 173 Å². The number of allylic oxidation sites excluding steroid dienone is 1. The van der Waals surface area contributed by atoms with Gasteiger partial charge in [-0.3, -0.25) is 4.79 Å². The smallest absolute Gasteiger partial charge is 0.258 e. The first-order valence-corrected chi connectivity index (χ1v) is 9.51. The molecule has 0 bridgehead atoms. The molecule has 2 aromatic heterocycles. The van der Waals surface area contributed by atoms with E-state index in [9.17, 15) is 10.1 Å². The van der Waals surface area contributed by atoms with E-state index in [2.05, 4.69) is 6.07 Å². The molecule has 152 valence electrons. The van der Waals surface area contributed by atoms with Crippen LogP contribution in [0.2, 0.25) is 0 Å². The Morgan fingerprint density at radius 3 is 2.67 bits per heavy atom. The zero-order valence-corrected chi connectivity index (χ0v) is 16.7. The SMILES string of the molecule is COc1ccc(CCn2c(C)cc3c(c2=O)[C@H](c2ccco2)C(C#N)=C(N)O3)cc1. The van der Waals surface area contributed by atoms with Gasteiger partial charge in [-0.2, -0.15) is 5.26 Å². The van der Waals surface area contributed by atoms with Crippen LogP contribution in [0.5, 0.6) is 11.5 Å². The third-order valence-electron chi connectivity index (χ3n) is 5.30. The van der Waals surface area contributed by atoms with E-state index in [1.807, 2.05) is 31.2 Å². The van der Waals surface area contributed by atoms with Crippen molar-refractivity contribution in [2.45, 2.75) is 25.8 Å². The van der Waals surface area contributed by atoms with Crippen molar-refractivity contribution in [2.75, 3.05) is 7.11 Å². The van der Waals surface area contributed by atoms with Crippen molar-refractivity contribution in [2.24, 2.45) is 5.73 Å². The zero-order chi connectivity index (χ0) is 21.3. The lowest BCUT2D eigenvalue weighted by molar-refractivity contribution is 0.378. The highest BCUT2D eigenvalue weighted by Gasteiger charge is 2.35. The Morgan fingerprint density at radius 2 is 2.03 bits per heavy atom. The van der Waals surface area contributed by atoms with Crippen molar-refractivity contribution in [1.29, 1.82) is 5.26 Å². The van der Waals surface area contributed by atoms with E-state index in [1.165, 1.54) is 6.26 Å². The number of nitrogens with zero attached hydrogens (tertiary/aromatic N) is 2. The van der Waals surface area contributed by atoms with Crippen molar-refractivity contribution in [1.82, 2.24) is 4.57 Å². The van der Waals surface area contributed by atoms with E-state index in [4.69, 9.17) is 19.6 Å². The summed E-state index contributed by atoms with van der Waals surface area (Å²) in [6.07, 6.45) is 2.17. The fourth-order valence-electron chi connectivity index (χ4n) is 3.74. The Kier molecular flexibility index (Phi) is 5.07. The predicted octanol–water partition coefficient (Wildman–Crippen LogP) is 3.22. The maximum absolute atomic E-state index is 13.5. The van der Waals surface area contributed by atoms with Gasteiger partial charge in [-0.25, -0.2) is 0 Å². The highest BCUT2D eigenvalue weighted by Crippen LogP contribution is 2.40. The first-order chi connectivity index (χ1) is 14.5. The predicted molar refractivity (Wildman–Crippen MR) is 110 cm³/mol. The summed E-state index contributed by atoms with van der Waals surface area (Å²) in [6.45, 7) is 2.33. The Balaban J connectivity index is 1.75. The second-order valence-corrected chi connectivity index (χ2v) is 7.06. The molecule has 0 amide bonds. The molecule has 0 unspecified atom stereocenters. The molecule has 3 aromatic rings. The zero-order valence-electron chi connectivity index (χ0n) is 16.7. The van der Waals surface area contributed by atoms with E-state index in [0.29, 0.717) is 30.0 Å². The molecule has 7 heteroatoms. The molecule has 3 heterocycles. The number of methoxy groups -OCH3 is 1. The number of nitriles is 1. The highest BCUT2D eigenvalue weighted by molar-refractivity contribution is 5.53. The fraction of sp³-hybridized carbons (Fsp3) is 0.217. The van der Waals surface area contributed by atoms with Gasteiger partial charge in [0.15, 0.2) is 0 Å². The van der Waals surface area contributed by atoms with E-state index < -0.39 is 5.92 Å². The van der Waals surface area contributed by atoms with E-state index in [0.717, 1.165) is 17.0 Å². The average molecular weight is 403 g/mol. The highest BCUT2D eigenvalue weighted by atomic mass is 16.5. The summed E-state index contributed by atoms with van der Waals surface area (Å²) in [6, 6.07) is 15.0. The van der Waals surface area contributed by atoms with Crippen LogP contribution in [0.25, 0.3) is 0 Å². The molecule has 1 aliphatic rings. The number of pyridine rings is 1. The molecule has 0 spiro atoms. The Morgan fingerprint density at radius 1 is 1.27 bits per heavy atom. The quantitative estimate of drug-likeness (QED) is 0.702. The number of hydrogen-bond acceptors (Lipinski definition) is 6. The van der Waals surface area contributed by atoms with E-state index >= 15 is 0 Å². The van der Waals surface area contributed by atoms with Crippen LogP contribution in [-0.4, -0.2) is 11.7 Å². The third kappa shape index (κ3) is 3.33. The number of benzene rings is 1. The number of nitrogens with two attached hydrogens (primary N) is 1. The molecular weight excluding hydrogens is 382 g/mol. The second kappa shape index (κ2) is 7.84. The van der Waals surface area contributed by atoms with Crippen LogP contribution >= 0.6 is 0 Å². The molecule has 4 rings (SSSR count). The third-order valence-corrected chi connectivity index (χ3v) is 5.30. The lowest BCUT2D eigenvalue weighted by Gasteiger charge is -2.26. The van der Waals surface area contributed by atoms with Crippen molar-refractivity contribution >= 4 is 0 Å². The normalized spacial score (nSPS) is 15.3. The van der Waals surface area contributed by atoms with Crippen molar-refractivity contribution < 1.29 is 13.9 Å². The van der Waals surface area contributed by atoms with E-state index in [1.54, 1.807) is 29.9 Å². The molecule has 0 aliphatic carbocycles. The largest absolute Gasteiger partial charge is 0.497 e. The molecule has 7 nitrogen and oxygen atoms in total. The summed E-state index contributed by atoms with van der Waals surface area (Å²) in [5.41, 5.74) is 8.11. The average Bonchev–Trinajstić information content (AvgIpc) is 3.27. The second-order valence-electron chi connectivity index (χ2n) is 7.06. The van der Waals surface area contributed by atoms with Gasteiger partial charge in [-0.05, 0) is 43.2 Å². The van der Waals surface area contributed by atoms with Crippen LogP contribution in [0.1, 0.15) is 28.5 Å². The summed E-state index contributed by atoms with van der Waals surface area (Å²) in [5, 5.41) is 9.64. The number of aryl methyl sites for hydroxylation is 2. The number of rotatable bonds is 5. The van der Waals surface area contributed by atoms with Gasteiger partial charge in [0.2, 0.25) is 5.88 Å². The number of hydrogen-bond donors (Lipinski definition) is 1. The summed E-state index contributed by atoms with van der Waals surface area (Å²) < 4.78 is 18.0. The van der Waals surface area contributed by atoms with Gasteiger partial charge < -0.3 is 24.2 Å². The van der Waals surface area contributed by atoms with Crippen molar-refractivity contribution in [3.63, 3.8) is 0 Å². The van der Waals surface area contributed by atoms with Gasteiger partial charge in [-0.15, -0.1) is 0 Å². The molecule has 1 aromatic carbocycles. The topological polar surface area (TPSA) is 103 Å². The fourth-order valence-corrected chi connectivity index (χ4v) is 3.74. The van der Waals surface area contributed by atoms with Crippen molar-refractivity contribution in [3.8, 4) is 17.6 Å². The van der Waals surface area contributed by atoms with Crippen LogP contribution in [-0.2, 0) is 13.0 Å². The number of fused-ring (bicyclic) bond motifs is 1. The molecule has 0 fully saturated rings. The maximum atomic E-state index is 13.5. The lowest BCUT2D eigenvalue weighted by Crippen LogP contribution is -2.33. The van der Waals surface area contributed by atoms with Gasteiger partial charge in [0.05, 0.1) is 24.9 Å². The standard InChI is InChI=1S/C23H21N3O4/c1-14-12-19-21(20(18-4-3-11-29-18)17(13-24)22(25)30-19)23(27)26(14)10-9-15-5-7-16(28-2)8-6-15/h3-8,11-12,20H,9-10,25H2,1-2H3/t20-/m0/s1. The molecular formula is C23H21N3O4. The molecule has 1 atom stereocenters. The minimum absolute atomic E-state index is 0.0128. The number of ether oxygens (including phenoxy) is 2. The number of furan rings is 1. The van der Waals surface area contributed by atoms with Crippen LogP contribution < -0.4 is 20.8 Å². The van der Waals surface area contributed by atoms with Crippen LogP contribution in [0, 0.1) is 18.3 Å². The summed E-state index contributed by atoms with van der Waals surface area (Å²) in [5.74, 6) is 0.904. The first-order valence-electron chi connectivity index (χ1n) is 9.51. The van der Waals surface area contributed by atoms with Crippen LogP contribution in [0.15, 0.2) is 69.4 Å². The molecule has 30 heavy (non-hydrogen) atoms. The van der Waals surface area contributed by atoms with E-state index in [-0.39, 0.29) is 17.0 Å². The molecule has 0 saturated heterocycles. The van der Waals surface area contributed by atoms with Gasteiger partial charge in [0.1, 0.15) is 28.9 Å². The first kappa shape index (κ1) is 19.4. The maximum Gasteiger partial charge on any atom is 0.258 e. The Bertz CT molecular complexity index is 1200. The summed E-state index contributed by atoms with van der Waals surface area (Å²) in [4.78, 5) is 13.5. The van der Waals surface area contributed by atoms with Crippen molar-refractivity contribution in [3.05, 3.63) is 93.1 Å². The van der Waals surface area contributed by atoms with Gasteiger partial charge in [-0.1, -0.05) is 12.1 Å². The molecule has 0 saturated carbocycles. The van der Waals surface area contributed by atoms with Gasteiger partial charge in [0, 0.05) is 18.3 Å². The molecule has 1 aliphatic heterocycles. The van der Waals surface area contributed by atoms with Crippen LogP contribution in [0.3, 0.4) is 0 Å². The van der Waals surface area contributed by atoms with Gasteiger partial charge >= 0.3 is 0 Å². The minimum Gasteiger partial charge on any atom is -0.497 e. The monoisotopic (exact) mass is 403 g/mol.